The van der Waals surface area contributed by atoms with Gasteiger partial charge in [-0.05, 0) is 24.6 Å². The first-order valence-electron chi connectivity index (χ1n) is 5.16. The molecule has 0 amide bonds. The molecule has 0 saturated carbocycles. The van der Waals surface area contributed by atoms with Gasteiger partial charge in [-0.1, -0.05) is 18.5 Å². The van der Waals surface area contributed by atoms with Gasteiger partial charge >= 0.3 is 5.97 Å². The molecule has 1 N–H and O–H groups in total. The fourth-order valence-electron chi connectivity index (χ4n) is 1.55. The second kappa shape index (κ2) is 5.67. The maximum absolute atomic E-state index is 13.4. The van der Waals surface area contributed by atoms with Gasteiger partial charge < -0.3 is 5.11 Å². The highest BCUT2D eigenvalue weighted by Gasteiger charge is 2.31. The molecule has 0 spiro atoms. The largest absolute Gasteiger partial charge is 0.480 e. The van der Waals surface area contributed by atoms with Gasteiger partial charge in [0.1, 0.15) is 5.82 Å². The number of hydrogen-bond acceptors (Lipinski definition) is 3. The molecule has 100 valence electrons. The molecule has 1 unspecified atom stereocenters. The summed E-state index contributed by atoms with van der Waals surface area (Å²) in [6.07, 6.45) is -0.0696. The number of carbonyl (C=O) groups is 1. The van der Waals surface area contributed by atoms with Gasteiger partial charge in [-0.3, -0.25) is 4.79 Å². The lowest BCUT2D eigenvalue weighted by molar-refractivity contribution is -0.136. The minimum Gasteiger partial charge on any atom is -0.480 e. The second-order valence-electron chi connectivity index (χ2n) is 3.78. The van der Waals surface area contributed by atoms with Crippen molar-refractivity contribution >= 4 is 27.4 Å². The molecule has 0 fully saturated rings. The average molecular weight is 295 g/mol. The maximum Gasteiger partial charge on any atom is 0.321 e. The van der Waals surface area contributed by atoms with Gasteiger partial charge in [-0.15, -0.1) is 0 Å². The van der Waals surface area contributed by atoms with Crippen molar-refractivity contribution in [1.82, 2.24) is 0 Å². The Balaban J connectivity index is 3.09. The van der Waals surface area contributed by atoms with E-state index in [2.05, 4.69) is 0 Å². The SMILES string of the molecule is CCC(C(=O)O)S(=O)(=O)Cc1cc(Cl)ccc1F. The first kappa shape index (κ1) is 14.9. The molecule has 0 aliphatic heterocycles. The van der Waals surface area contributed by atoms with Crippen molar-refractivity contribution in [2.75, 3.05) is 0 Å². The molecule has 7 heteroatoms. The zero-order chi connectivity index (χ0) is 13.9. The number of halogens is 2. The van der Waals surface area contributed by atoms with Gasteiger partial charge in [0.05, 0.1) is 5.75 Å². The van der Waals surface area contributed by atoms with E-state index in [1.807, 2.05) is 0 Å². The summed E-state index contributed by atoms with van der Waals surface area (Å²) < 4.78 is 37.1. The zero-order valence-electron chi connectivity index (χ0n) is 9.56. The molecule has 0 aromatic heterocycles. The zero-order valence-corrected chi connectivity index (χ0v) is 11.1. The molecule has 1 aromatic rings. The topological polar surface area (TPSA) is 71.4 Å². The molecule has 0 aliphatic carbocycles. The molecule has 0 saturated heterocycles. The summed E-state index contributed by atoms with van der Waals surface area (Å²) in [7, 11) is -3.96. The van der Waals surface area contributed by atoms with Gasteiger partial charge in [0.15, 0.2) is 15.1 Å². The molecule has 1 aromatic carbocycles. The molecule has 1 rings (SSSR count). The van der Waals surface area contributed by atoms with Gasteiger partial charge in [0, 0.05) is 10.6 Å². The fourth-order valence-corrected chi connectivity index (χ4v) is 3.42. The number of benzene rings is 1. The summed E-state index contributed by atoms with van der Waals surface area (Å²) in [4.78, 5) is 10.8. The number of carboxylic acid groups (broad SMARTS) is 1. The predicted molar refractivity (Wildman–Crippen MR) is 65.7 cm³/mol. The normalized spacial score (nSPS) is 13.3. The van der Waals surface area contributed by atoms with Crippen molar-refractivity contribution in [2.24, 2.45) is 0 Å². The smallest absolute Gasteiger partial charge is 0.321 e. The van der Waals surface area contributed by atoms with Crippen LogP contribution >= 0.6 is 11.6 Å². The molecule has 0 bridgehead atoms. The Morgan fingerprint density at radius 3 is 2.61 bits per heavy atom. The maximum atomic E-state index is 13.4. The Bertz CT molecular complexity index is 556. The van der Waals surface area contributed by atoms with Crippen molar-refractivity contribution in [3.05, 3.63) is 34.6 Å². The van der Waals surface area contributed by atoms with Gasteiger partial charge in [0.2, 0.25) is 0 Å². The Hall–Kier alpha value is -1.14. The van der Waals surface area contributed by atoms with E-state index in [0.717, 1.165) is 6.07 Å². The summed E-state index contributed by atoms with van der Waals surface area (Å²) in [5.74, 6) is -2.83. The molecule has 0 heterocycles. The first-order valence-corrected chi connectivity index (χ1v) is 7.25. The van der Waals surface area contributed by atoms with E-state index < -0.39 is 32.6 Å². The number of hydrogen-bond donors (Lipinski definition) is 1. The molecular formula is C11H12ClFO4S. The van der Waals surface area contributed by atoms with Crippen LogP contribution in [0.3, 0.4) is 0 Å². The Morgan fingerprint density at radius 1 is 1.50 bits per heavy atom. The minimum atomic E-state index is -3.96. The monoisotopic (exact) mass is 294 g/mol. The van der Waals surface area contributed by atoms with Crippen LogP contribution in [0.5, 0.6) is 0 Å². The van der Waals surface area contributed by atoms with Crippen LogP contribution in [0.1, 0.15) is 18.9 Å². The Kier molecular flexibility index (Phi) is 4.70. The molecular weight excluding hydrogens is 283 g/mol. The Labute approximate surface area is 109 Å². The first-order chi connectivity index (χ1) is 8.27. The van der Waals surface area contributed by atoms with Crippen LogP contribution in [0.2, 0.25) is 5.02 Å². The standard InChI is InChI=1S/C11H12ClFO4S/c1-2-10(11(14)15)18(16,17)6-7-5-8(12)3-4-9(7)13/h3-5,10H,2,6H2,1H3,(H,14,15). The van der Waals surface area contributed by atoms with E-state index in [4.69, 9.17) is 16.7 Å². The van der Waals surface area contributed by atoms with Crippen LogP contribution in [-0.4, -0.2) is 24.7 Å². The molecule has 1 atom stereocenters. The van der Waals surface area contributed by atoms with E-state index in [1.54, 1.807) is 0 Å². The van der Waals surface area contributed by atoms with Crippen LogP contribution in [0.15, 0.2) is 18.2 Å². The second-order valence-corrected chi connectivity index (χ2v) is 6.40. The molecule has 4 nitrogen and oxygen atoms in total. The number of aliphatic carboxylic acids is 1. The van der Waals surface area contributed by atoms with E-state index >= 15 is 0 Å². The van der Waals surface area contributed by atoms with Crippen molar-refractivity contribution in [2.45, 2.75) is 24.3 Å². The van der Waals surface area contributed by atoms with Crippen LogP contribution in [0.4, 0.5) is 4.39 Å². The third kappa shape index (κ3) is 3.43. The third-order valence-electron chi connectivity index (χ3n) is 2.44. The number of carboxylic acids is 1. The average Bonchev–Trinajstić information content (AvgIpc) is 2.22. The summed E-state index contributed by atoms with van der Waals surface area (Å²) in [6, 6.07) is 3.53. The highest BCUT2D eigenvalue weighted by atomic mass is 35.5. The summed E-state index contributed by atoms with van der Waals surface area (Å²) >= 11 is 5.64. The van der Waals surface area contributed by atoms with Crippen LogP contribution in [0, 0.1) is 5.82 Å². The van der Waals surface area contributed by atoms with Crippen molar-refractivity contribution in [3.63, 3.8) is 0 Å². The van der Waals surface area contributed by atoms with Crippen molar-refractivity contribution in [3.8, 4) is 0 Å². The predicted octanol–water partition coefficient (Wildman–Crippen LogP) is 2.26. The lowest BCUT2D eigenvalue weighted by Gasteiger charge is -2.12. The molecule has 0 radical (unpaired) electrons. The van der Waals surface area contributed by atoms with Gasteiger partial charge in [-0.25, -0.2) is 12.8 Å². The number of rotatable bonds is 5. The third-order valence-corrected chi connectivity index (χ3v) is 4.79. The fraction of sp³-hybridized carbons (Fsp3) is 0.364. The summed E-state index contributed by atoms with van der Waals surface area (Å²) in [5.41, 5.74) is -0.123. The van der Waals surface area contributed by atoms with Crippen molar-refractivity contribution < 1.29 is 22.7 Å². The van der Waals surface area contributed by atoms with Crippen molar-refractivity contribution in [1.29, 1.82) is 0 Å². The summed E-state index contributed by atoms with van der Waals surface area (Å²) in [6.45, 7) is 1.45. The van der Waals surface area contributed by atoms with E-state index in [1.165, 1.54) is 19.1 Å². The highest BCUT2D eigenvalue weighted by Crippen LogP contribution is 2.20. The van der Waals surface area contributed by atoms with E-state index in [0.29, 0.717) is 0 Å². The van der Waals surface area contributed by atoms with Crippen LogP contribution in [-0.2, 0) is 20.4 Å². The number of sulfone groups is 1. The summed E-state index contributed by atoms with van der Waals surface area (Å²) in [5, 5.41) is 7.48. The quantitative estimate of drug-likeness (QED) is 0.904. The minimum absolute atomic E-state index is 0.0696. The lowest BCUT2D eigenvalue weighted by Crippen LogP contribution is -2.30. The van der Waals surface area contributed by atoms with E-state index in [9.17, 15) is 17.6 Å². The lowest BCUT2D eigenvalue weighted by atomic mass is 10.2. The molecule has 0 aliphatic rings. The molecule has 18 heavy (non-hydrogen) atoms. The Morgan fingerprint density at radius 2 is 2.11 bits per heavy atom. The highest BCUT2D eigenvalue weighted by molar-refractivity contribution is 7.92. The van der Waals surface area contributed by atoms with E-state index in [-0.39, 0.29) is 17.0 Å². The van der Waals surface area contributed by atoms with Gasteiger partial charge in [-0.2, -0.15) is 0 Å². The van der Waals surface area contributed by atoms with Gasteiger partial charge in [0.25, 0.3) is 0 Å². The van der Waals surface area contributed by atoms with Crippen LogP contribution < -0.4 is 0 Å². The van der Waals surface area contributed by atoms with Crippen LogP contribution in [0.25, 0.3) is 0 Å².